The van der Waals surface area contributed by atoms with Crippen LogP contribution < -0.4 is 4.74 Å². The van der Waals surface area contributed by atoms with Crippen LogP contribution in [-0.4, -0.2) is 38.4 Å². The van der Waals surface area contributed by atoms with Gasteiger partial charge < -0.3 is 9.30 Å². The molecule has 3 aromatic rings. The zero-order valence-corrected chi connectivity index (χ0v) is 14.5. The molecule has 0 bridgehead atoms. The van der Waals surface area contributed by atoms with E-state index in [-0.39, 0.29) is 17.3 Å². The van der Waals surface area contributed by atoms with Crippen molar-refractivity contribution < 1.29 is 13.9 Å². The lowest BCUT2D eigenvalue weighted by Crippen LogP contribution is -2.05. The topological polar surface area (TPSA) is 69.9 Å². The molecule has 0 saturated heterocycles. The first-order valence-corrected chi connectivity index (χ1v) is 8.38. The van der Waals surface area contributed by atoms with Crippen LogP contribution in [0.5, 0.6) is 5.75 Å². The highest BCUT2D eigenvalue weighted by molar-refractivity contribution is 7.99. The number of halogens is 1. The van der Waals surface area contributed by atoms with Gasteiger partial charge in [-0.25, -0.2) is 4.39 Å². The number of carbonyl (C=O) groups excluding carboxylic acids is 1. The molecule has 0 amide bonds. The Labute approximate surface area is 148 Å². The van der Waals surface area contributed by atoms with Crippen molar-refractivity contribution >= 4 is 17.5 Å². The molecule has 0 aliphatic heterocycles. The molecule has 0 unspecified atom stereocenters. The highest BCUT2D eigenvalue weighted by Crippen LogP contribution is 2.24. The van der Waals surface area contributed by atoms with Crippen LogP contribution in [0.25, 0.3) is 11.4 Å². The zero-order valence-electron chi connectivity index (χ0n) is 13.6. The summed E-state index contributed by atoms with van der Waals surface area (Å²) in [6, 6.07) is 7.87. The van der Waals surface area contributed by atoms with Crippen LogP contribution in [0.15, 0.2) is 47.9 Å². The van der Waals surface area contributed by atoms with E-state index < -0.39 is 5.82 Å². The van der Waals surface area contributed by atoms with Crippen molar-refractivity contribution in [2.75, 3.05) is 12.9 Å². The normalized spacial score (nSPS) is 10.7. The lowest BCUT2D eigenvalue weighted by atomic mass is 10.1. The van der Waals surface area contributed by atoms with Crippen molar-refractivity contribution in [1.29, 1.82) is 0 Å². The Morgan fingerprint density at radius 2 is 2.16 bits per heavy atom. The molecule has 2 heterocycles. The third kappa shape index (κ3) is 3.69. The van der Waals surface area contributed by atoms with Gasteiger partial charge in [0.25, 0.3) is 0 Å². The molecule has 25 heavy (non-hydrogen) atoms. The van der Waals surface area contributed by atoms with Crippen molar-refractivity contribution in [2.45, 2.75) is 5.16 Å². The smallest absolute Gasteiger partial charge is 0.191 e. The Kier molecular flexibility index (Phi) is 5.08. The Morgan fingerprint density at radius 3 is 2.84 bits per heavy atom. The molecule has 0 N–H and O–H groups in total. The first kappa shape index (κ1) is 17.1. The molecule has 6 nitrogen and oxygen atoms in total. The van der Waals surface area contributed by atoms with Crippen LogP contribution in [0.4, 0.5) is 4.39 Å². The van der Waals surface area contributed by atoms with E-state index >= 15 is 0 Å². The largest absolute Gasteiger partial charge is 0.494 e. The third-order valence-corrected chi connectivity index (χ3v) is 4.58. The summed E-state index contributed by atoms with van der Waals surface area (Å²) in [5, 5.41) is 8.84. The second kappa shape index (κ2) is 7.43. The molecule has 2 aromatic heterocycles. The van der Waals surface area contributed by atoms with Gasteiger partial charge in [-0.15, -0.1) is 10.2 Å². The third-order valence-electron chi connectivity index (χ3n) is 3.56. The minimum atomic E-state index is -0.559. The minimum Gasteiger partial charge on any atom is -0.494 e. The van der Waals surface area contributed by atoms with E-state index in [9.17, 15) is 9.18 Å². The highest BCUT2D eigenvalue weighted by Gasteiger charge is 2.15. The first-order chi connectivity index (χ1) is 12.1. The number of hydrogen-bond acceptors (Lipinski definition) is 6. The highest BCUT2D eigenvalue weighted by atomic mass is 32.2. The number of Topliss-reactive ketones (excluding diaryl/α,β-unsaturated/α-hetero) is 1. The van der Waals surface area contributed by atoms with Crippen molar-refractivity contribution in [3.63, 3.8) is 0 Å². The summed E-state index contributed by atoms with van der Waals surface area (Å²) >= 11 is 1.25. The molecule has 1 aromatic carbocycles. The van der Waals surface area contributed by atoms with E-state index in [2.05, 4.69) is 15.2 Å². The van der Waals surface area contributed by atoms with Crippen molar-refractivity contribution in [2.24, 2.45) is 7.05 Å². The number of ether oxygens (including phenoxy) is 1. The van der Waals surface area contributed by atoms with Crippen LogP contribution in [0.1, 0.15) is 10.4 Å². The SMILES string of the molecule is COc1ccc(C(=O)CSc2nnc(-c3cccnc3)n2C)cc1F. The number of hydrogen-bond donors (Lipinski definition) is 0. The van der Waals surface area contributed by atoms with Gasteiger partial charge in [0.1, 0.15) is 0 Å². The summed E-state index contributed by atoms with van der Waals surface area (Å²) < 4.78 is 20.4. The van der Waals surface area contributed by atoms with E-state index in [0.29, 0.717) is 16.5 Å². The average molecular weight is 358 g/mol. The molecule has 0 atom stereocenters. The molecule has 0 aliphatic rings. The molecule has 128 valence electrons. The Morgan fingerprint density at radius 1 is 1.32 bits per heavy atom. The Hall–Kier alpha value is -2.74. The number of ketones is 1. The number of thioether (sulfide) groups is 1. The Bertz CT molecular complexity index is 899. The first-order valence-electron chi connectivity index (χ1n) is 7.39. The Balaban J connectivity index is 1.71. The number of aromatic nitrogens is 4. The lowest BCUT2D eigenvalue weighted by Gasteiger charge is -2.05. The minimum absolute atomic E-state index is 0.110. The molecule has 0 aliphatic carbocycles. The molecule has 0 fully saturated rings. The van der Waals surface area contributed by atoms with E-state index in [0.717, 1.165) is 5.56 Å². The maximum Gasteiger partial charge on any atom is 0.191 e. The number of nitrogens with zero attached hydrogens (tertiary/aromatic N) is 4. The van der Waals surface area contributed by atoms with E-state index in [1.807, 2.05) is 19.2 Å². The summed E-state index contributed by atoms with van der Waals surface area (Å²) in [4.78, 5) is 16.3. The molecule has 0 saturated carbocycles. The van der Waals surface area contributed by atoms with Crippen LogP contribution in [0, 0.1) is 5.82 Å². The fourth-order valence-electron chi connectivity index (χ4n) is 2.24. The summed E-state index contributed by atoms with van der Waals surface area (Å²) in [5.41, 5.74) is 1.13. The van der Waals surface area contributed by atoms with Crippen molar-refractivity contribution in [3.8, 4) is 17.1 Å². The molecular formula is C17H15FN4O2S. The molecule has 8 heteroatoms. The van der Waals surface area contributed by atoms with Crippen LogP contribution in [-0.2, 0) is 7.05 Å². The van der Waals surface area contributed by atoms with E-state index in [4.69, 9.17) is 4.74 Å². The fourth-order valence-corrected chi connectivity index (χ4v) is 3.05. The summed E-state index contributed by atoms with van der Waals surface area (Å²) in [6.45, 7) is 0. The van der Waals surface area contributed by atoms with Crippen LogP contribution in [0.3, 0.4) is 0 Å². The number of methoxy groups -OCH3 is 1. The maximum absolute atomic E-state index is 13.7. The van der Waals surface area contributed by atoms with Crippen molar-refractivity contribution in [3.05, 3.63) is 54.1 Å². The summed E-state index contributed by atoms with van der Waals surface area (Å²) in [6.07, 6.45) is 3.38. The standard InChI is InChI=1S/C17H15FN4O2S/c1-22-16(12-4-3-7-19-9-12)20-21-17(22)25-10-14(23)11-5-6-15(24-2)13(18)8-11/h3-9H,10H2,1-2H3. The lowest BCUT2D eigenvalue weighted by molar-refractivity contribution is 0.102. The molecule has 0 spiro atoms. The zero-order chi connectivity index (χ0) is 17.8. The molecular weight excluding hydrogens is 343 g/mol. The molecule has 0 radical (unpaired) electrons. The van der Waals surface area contributed by atoms with Crippen LogP contribution in [0.2, 0.25) is 0 Å². The monoisotopic (exact) mass is 358 g/mol. The van der Waals surface area contributed by atoms with Gasteiger partial charge in [-0.1, -0.05) is 11.8 Å². The molecule has 3 rings (SSSR count). The van der Waals surface area contributed by atoms with Gasteiger partial charge in [0.05, 0.1) is 12.9 Å². The number of carbonyl (C=O) groups is 1. The summed E-state index contributed by atoms with van der Waals surface area (Å²) in [7, 11) is 3.20. The van der Waals surface area contributed by atoms with Gasteiger partial charge in [0.15, 0.2) is 28.3 Å². The fraction of sp³-hybridized carbons (Fsp3) is 0.176. The number of rotatable bonds is 6. The quantitative estimate of drug-likeness (QED) is 0.498. The predicted molar refractivity (Wildman–Crippen MR) is 92.2 cm³/mol. The number of benzene rings is 1. The van der Waals surface area contributed by atoms with Gasteiger partial charge in [0.2, 0.25) is 0 Å². The number of pyridine rings is 1. The summed E-state index contributed by atoms with van der Waals surface area (Å²) in [5.74, 6) is 0.149. The van der Waals surface area contributed by atoms with Crippen molar-refractivity contribution in [1.82, 2.24) is 19.7 Å². The van der Waals surface area contributed by atoms with Gasteiger partial charge in [-0.05, 0) is 30.3 Å². The van der Waals surface area contributed by atoms with Gasteiger partial charge >= 0.3 is 0 Å². The average Bonchev–Trinajstić information content (AvgIpc) is 3.01. The van der Waals surface area contributed by atoms with E-state index in [1.165, 1.54) is 31.0 Å². The van der Waals surface area contributed by atoms with Gasteiger partial charge in [-0.3, -0.25) is 9.78 Å². The van der Waals surface area contributed by atoms with Crippen LogP contribution >= 0.6 is 11.8 Å². The van der Waals surface area contributed by atoms with E-state index in [1.54, 1.807) is 23.0 Å². The second-order valence-corrected chi connectivity index (χ2v) is 6.11. The maximum atomic E-state index is 13.7. The van der Waals surface area contributed by atoms with Gasteiger partial charge in [0, 0.05) is 30.6 Å². The second-order valence-electron chi connectivity index (χ2n) is 5.17. The predicted octanol–water partition coefficient (Wildman–Crippen LogP) is 3.00. The van der Waals surface area contributed by atoms with Gasteiger partial charge in [-0.2, -0.15) is 0 Å².